The summed E-state index contributed by atoms with van der Waals surface area (Å²) < 4.78 is 0. The van der Waals surface area contributed by atoms with Crippen LogP contribution >= 0.6 is 11.8 Å². The van der Waals surface area contributed by atoms with E-state index in [1.54, 1.807) is 0 Å². The molecule has 4 rings (SSSR count). The van der Waals surface area contributed by atoms with Crippen LogP contribution in [0.1, 0.15) is 63.1 Å². The lowest BCUT2D eigenvalue weighted by Crippen LogP contribution is -2.38. The van der Waals surface area contributed by atoms with Crippen LogP contribution in [0, 0.1) is 25.7 Å². The Morgan fingerprint density at radius 1 is 0.788 bits per heavy atom. The first kappa shape index (κ1) is 23.5. The number of benzene rings is 3. The minimum absolute atomic E-state index is 0.0784. The van der Waals surface area contributed by atoms with Crippen molar-refractivity contribution in [3.05, 3.63) is 107 Å². The lowest BCUT2D eigenvalue weighted by Gasteiger charge is -2.37. The van der Waals surface area contributed by atoms with Gasteiger partial charge >= 0.3 is 0 Å². The molecule has 3 aromatic rings. The van der Waals surface area contributed by atoms with Crippen LogP contribution in [0.5, 0.6) is 0 Å². The van der Waals surface area contributed by atoms with Crippen molar-refractivity contribution >= 4 is 23.3 Å². The molecule has 1 fully saturated rings. The first-order valence-corrected chi connectivity index (χ1v) is 12.9. The van der Waals surface area contributed by atoms with E-state index in [-0.39, 0.29) is 28.7 Å². The lowest BCUT2D eigenvalue weighted by molar-refractivity contribution is 0.0793. The molecule has 2 nitrogen and oxygen atoms in total. The highest BCUT2D eigenvalue weighted by molar-refractivity contribution is 7.99. The SMILES string of the molecule is Cc1ccc(C(=O)C[C@H]2CCC[C@@H](SCc3ccccc3)[C@@H]2C(=O)c2ccc(C)cc2)cc1. The fourth-order valence-corrected chi connectivity index (χ4v) is 6.31. The van der Waals surface area contributed by atoms with Gasteiger partial charge in [-0.25, -0.2) is 0 Å². The summed E-state index contributed by atoms with van der Waals surface area (Å²) in [4.78, 5) is 26.9. The van der Waals surface area contributed by atoms with Gasteiger partial charge in [0.05, 0.1) is 0 Å². The number of hydrogen-bond donors (Lipinski definition) is 0. The highest BCUT2D eigenvalue weighted by Gasteiger charge is 2.39. The minimum Gasteiger partial charge on any atom is -0.294 e. The minimum atomic E-state index is -0.135. The molecule has 1 aliphatic rings. The van der Waals surface area contributed by atoms with Gasteiger partial charge in [0, 0.05) is 34.5 Å². The summed E-state index contributed by atoms with van der Waals surface area (Å²) >= 11 is 1.88. The molecule has 0 saturated heterocycles. The van der Waals surface area contributed by atoms with Crippen molar-refractivity contribution in [2.45, 2.75) is 50.5 Å². The van der Waals surface area contributed by atoms with Crippen LogP contribution in [0.2, 0.25) is 0 Å². The summed E-state index contributed by atoms with van der Waals surface area (Å²) in [7, 11) is 0. The van der Waals surface area contributed by atoms with Gasteiger partial charge in [0.2, 0.25) is 0 Å². The standard InChI is InChI=1S/C30H32O2S/c1-21-11-15-24(16-12-21)27(31)19-26-9-6-10-28(33-20-23-7-4-3-5-8-23)29(26)30(32)25-17-13-22(2)14-18-25/h3-5,7-8,11-18,26,28-29H,6,9-10,19-20H2,1-2H3/t26-,28-,29-/m1/s1. The Morgan fingerprint density at radius 3 is 2.03 bits per heavy atom. The zero-order valence-electron chi connectivity index (χ0n) is 19.5. The Kier molecular flexibility index (Phi) is 7.82. The predicted molar refractivity (Wildman–Crippen MR) is 138 cm³/mol. The molecule has 3 aromatic carbocycles. The van der Waals surface area contributed by atoms with Crippen LogP contribution in [0.25, 0.3) is 0 Å². The summed E-state index contributed by atoms with van der Waals surface area (Å²) in [6, 6.07) is 26.2. The highest BCUT2D eigenvalue weighted by atomic mass is 32.2. The van der Waals surface area contributed by atoms with E-state index in [9.17, 15) is 9.59 Å². The number of rotatable bonds is 8. The molecule has 0 N–H and O–H groups in total. The van der Waals surface area contributed by atoms with E-state index < -0.39 is 0 Å². The Morgan fingerprint density at radius 2 is 1.39 bits per heavy atom. The zero-order valence-corrected chi connectivity index (χ0v) is 20.3. The molecule has 0 unspecified atom stereocenters. The summed E-state index contributed by atoms with van der Waals surface area (Å²) in [5.74, 6) is 1.18. The van der Waals surface area contributed by atoms with Crippen LogP contribution in [-0.4, -0.2) is 16.8 Å². The molecule has 1 aliphatic carbocycles. The van der Waals surface area contributed by atoms with E-state index in [1.165, 1.54) is 5.56 Å². The van der Waals surface area contributed by atoms with E-state index in [1.807, 2.05) is 80.2 Å². The van der Waals surface area contributed by atoms with Crippen molar-refractivity contribution < 1.29 is 9.59 Å². The molecular formula is C30H32O2S. The van der Waals surface area contributed by atoms with Gasteiger partial charge in [-0.3, -0.25) is 9.59 Å². The Balaban J connectivity index is 1.57. The molecule has 0 radical (unpaired) electrons. The molecule has 0 bridgehead atoms. The average Bonchev–Trinajstić information content (AvgIpc) is 2.84. The lowest BCUT2D eigenvalue weighted by atomic mass is 9.72. The zero-order chi connectivity index (χ0) is 23.2. The Bertz CT molecular complexity index is 1070. The largest absolute Gasteiger partial charge is 0.294 e. The molecule has 3 heteroatoms. The fraction of sp³-hybridized carbons (Fsp3) is 0.333. The van der Waals surface area contributed by atoms with E-state index in [2.05, 4.69) is 24.3 Å². The van der Waals surface area contributed by atoms with Crippen LogP contribution in [0.4, 0.5) is 0 Å². The number of Topliss-reactive ketones (excluding diaryl/α,β-unsaturated/α-hetero) is 2. The third-order valence-corrected chi connectivity index (χ3v) is 8.20. The Labute approximate surface area is 201 Å². The van der Waals surface area contributed by atoms with E-state index in [0.29, 0.717) is 6.42 Å². The van der Waals surface area contributed by atoms with Gasteiger partial charge in [0.15, 0.2) is 11.6 Å². The van der Waals surface area contributed by atoms with Crippen LogP contribution in [0.3, 0.4) is 0 Å². The second-order valence-corrected chi connectivity index (χ2v) is 10.5. The number of thioether (sulfide) groups is 1. The summed E-state index contributed by atoms with van der Waals surface area (Å²) in [6.45, 7) is 4.07. The summed E-state index contributed by atoms with van der Waals surface area (Å²) in [6.07, 6.45) is 3.46. The van der Waals surface area contributed by atoms with Gasteiger partial charge in [-0.2, -0.15) is 11.8 Å². The average molecular weight is 457 g/mol. The van der Waals surface area contributed by atoms with E-state index in [4.69, 9.17) is 0 Å². The second kappa shape index (κ2) is 11.0. The van der Waals surface area contributed by atoms with Crippen molar-refractivity contribution in [3.63, 3.8) is 0 Å². The third-order valence-electron chi connectivity index (χ3n) is 6.74. The number of aryl methyl sites for hydroxylation is 2. The maximum absolute atomic E-state index is 13.8. The summed E-state index contributed by atoms with van der Waals surface area (Å²) in [5, 5.41) is 0.226. The second-order valence-electron chi connectivity index (χ2n) is 9.28. The topological polar surface area (TPSA) is 34.1 Å². The van der Waals surface area contributed by atoms with Crippen molar-refractivity contribution in [2.75, 3.05) is 0 Å². The number of ketones is 2. The maximum atomic E-state index is 13.8. The Hall–Kier alpha value is -2.65. The number of carbonyl (C=O) groups is 2. The van der Waals surface area contributed by atoms with Crippen molar-refractivity contribution in [1.82, 2.24) is 0 Å². The van der Waals surface area contributed by atoms with E-state index >= 15 is 0 Å². The normalized spacial score (nSPS) is 20.4. The molecule has 0 spiro atoms. The van der Waals surface area contributed by atoms with Crippen LogP contribution < -0.4 is 0 Å². The van der Waals surface area contributed by atoms with Crippen molar-refractivity contribution in [1.29, 1.82) is 0 Å². The van der Waals surface area contributed by atoms with Crippen LogP contribution in [0.15, 0.2) is 78.9 Å². The fourth-order valence-electron chi connectivity index (χ4n) is 4.83. The quantitative estimate of drug-likeness (QED) is 0.330. The molecule has 1 saturated carbocycles. The molecule has 0 amide bonds. The van der Waals surface area contributed by atoms with Gasteiger partial charge in [-0.1, -0.05) is 96.4 Å². The molecule has 3 atom stereocenters. The monoisotopic (exact) mass is 456 g/mol. The van der Waals surface area contributed by atoms with Crippen molar-refractivity contribution in [3.8, 4) is 0 Å². The van der Waals surface area contributed by atoms with Gasteiger partial charge in [0.25, 0.3) is 0 Å². The first-order valence-electron chi connectivity index (χ1n) is 11.9. The maximum Gasteiger partial charge on any atom is 0.167 e. The highest BCUT2D eigenvalue weighted by Crippen LogP contribution is 2.42. The summed E-state index contributed by atoms with van der Waals surface area (Å²) in [5.41, 5.74) is 5.10. The number of hydrogen-bond acceptors (Lipinski definition) is 3. The predicted octanol–water partition coefficient (Wildman–Crippen LogP) is 7.48. The van der Waals surface area contributed by atoms with Gasteiger partial charge in [0.1, 0.15) is 0 Å². The molecular weight excluding hydrogens is 424 g/mol. The van der Waals surface area contributed by atoms with Gasteiger partial charge in [-0.15, -0.1) is 0 Å². The molecule has 33 heavy (non-hydrogen) atoms. The number of carbonyl (C=O) groups excluding carboxylic acids is 2. The third kappa shape index (κ3) is 6.03. The molecule has 0 aromatic heterocycles. The smallest absolute Gasteiger partial charge is 0.167 e. The van der Waals surface area contributed by atoms with Crippen LogP contribution in [-0.2, 0) is 5.75 Å². The van der Waals surface area contributed by atoms with E-state index in [0.717, 1.165) is 47.3 Å². The van der Waals surface area contributed by atoms with Crippen molar-refractivity contribution in [2.24, 2.45) is 11.8 Å². The van der Waals surface area contributed by atoms with Gasteiger partial charge < -0.3 is 0 Å². The molecule has 0 aliphatic heterocycles. The first-order chi connectivity index (χ1) is 16.0. The molecule has 170 valence electrons. The molecule has 0 heterocycles. The van der Waals surface area contributed by atoms with Gasteiger partial charge in [-0.05, 0) is 38.2 Å².